The second-order valence-corrected chi connectivity index (χ2v) is 3.48. The van der Waals surface area contributed by atoms with Crippen LogP contribution in [0.1, 0.15) is 11.7 Å². The predicted octanol–water partition coefficient (Wildman–Crippen LogP) is 0.952. The summed E-state index contributed by atoms with van der Waals surface area (Å²) in [6, 6.07) is -1.34. The molecule has 1 rings (SSSR count). The molecule has 0 radical (unpaired) electrons. The Bertz CT molecular complexity index is 334. The molecule has 3 N–H and O–H groups in total. The molecule has 16 heavy (non-hydrogen) atoms. The molecular formula is C8H13ClF2N4O. The lowest BCUT2D eigenvalue weighted by Crippen LogP contribution is -2.35. The van der Waals surface area contributed by atoms with Crippen LogP contribution in [-0.2, 0) is 11.3 Å². The lowest BCUT2D eigenvalue weighted by molar-refractivity contribution is 0.0929. The molecule has 1 unspecified atom stereocenters. The van der Waals surface area contributed by atoms with E-state index >= 15 is 0 Å². The monoisotopic (exact) mass is 254 g/mol. The van der Waals surface area contributed by atoms with E-state index in [1.54, 1.807) is 0 Å². The van der Waals surface area contributed by atoms with Crippen molar-refractivity contribution in [2.75, 3.05) is 13.7 Å². The Morgan fingerprint density at radius 1 is 1.69 bits per heavy atom. The second kappa shape index (κ2) is 6.09. The van der Waals surface area contributed by atoms with E-state index in [1.165, 1.54) is 18.0 Å². The number of hydrazine groups is 1. The maximum absolute atomic E-state index is 12.7. The van der Waals surface area contributed by atoms with Crippen LogP contribution in [0.5, 0.6) is 0 Å². The SMILES string of the molecule is COCCn1ncc(Cl)c1C(NN)C(F)F. The molecule has 8 heteroatoms. The van der Waals surface area contributed by atoms with Gasteiger partial charge >= 0.3 is 0 Å². The maximum Gasteiger partial charge on any atom is 0.260 e. The molecule has 1 aromatic heterocycles. The number of halogens is 3. The van der Waals surface area contributed by atoms with E-state index in [9.17, 15) is 8.78 Å². The Labute approximate surface area is 96.5 Å². The van der Waals surface area contributed by atoms with Crippen LogP contribution in [0.2, 0.25) is 5.02 Å². The number of hydrogen-bond donors (Lipinski definition) is 2. The number of nitrogens with one attached hydrogen (secondary N) is 1. The van der Waals surface area contributed by atoms with Crippen molar-refractivity contribution >= 4 is 11.6 Å². The average Bonchev–Trinajstić information content (AvgIpc) is 2.59. The molecule has 0 aromatic carbocycles. The quantitative estimate of drug-likeness (QED) is 0.586. The topological polar surface area (TPSA) is 65.1 Å². The van der Waals surface area contributed by atoms with Crippen LogP contribution < -0.4 is 11.3 Å². The highest BCUT2D eigenvalue weighted by Gasteiger charge is 2.27. The Kier molecular flexibility index (Phi) is 5.07. The van der Waals surface area contributed by atoms with Crippen molar-refractivity contribution in [3.05, 3.63) is 16.9 Å². The van der Waals surface area contributed by atoms with Gasteiger partial charge < -0.3 is 4.74 Å². The van der Waals surface area contributed by atoms with Gasteiger partial charge in [0.05, 0.1) is 30.1 Å². The number of nitrogens with zero attached hydrogens (tertiary/aromatic N) is 2. The molecule has 0 amide bonds. The van der Waals surface area contributed by atoms with Gasteiger partial charge in [0, 0.05) is 7.11 Å². The molecule has 1 aromatic rings. The molecule has 5 nitrogen and oxygen atoms in total. The van der Waals surface area contributed by atoms with Crippen molar-refractivity contribution in [3.8, 4) is 0 Å². The van der Waals surface area contributed by atoms with Crippen molar-refractivity contribution in [2.45, 2.75) is 19.0 Å². The van der Waals surface area contributed by atoms with Gasteiger partial charge in [-0.25, -0.2) is 14.2 Å². The number of ether oxygens (including phenoxy) is 1. The van der Waals surface area contributed by atoms with Gasteiger partial charge in [-0.15, -0.1) is 0 Å². The van der Waals surface area contributed by atoms with Gasteiger partial charge in [-0.3, -0.25) is 10.5 Å². The third-order valence-electron chi connectivity index (χ3n) is 2.07. The lowest BCUT2D eigenvalue weighted by atomic mass is 10.2. The molecule has 1 heterocycles. The summed E-state index contributed by atoms with van der Waals surface area (Å²) in [5, 5.41) is 4.03. The van der Waals surface area contributed by atoms with Crippen molar-refractivity contribution in [1.29, 1.82) is 0 Å². The molecule has 0 aliphatic rings. The van der Waals surface area contributed by atoms with Gasteiger partial charge in [-0.2, -0.15) is 5.10 Å². The van der Waals surface area contributed by atoms with Gasteiger partial charge in [0.25, 0.3) is 6.43 Å². The fraction of sp³-hybridized carbons (Fsp3) is 0.625. The molecule has 0 aliphatic heterocycles. The second-order valence-electron chi connectivity index (χ2n) is 3.07. The summed E-state index contributed by atoms with van der Waals surface area (Å²) < 4.78 is 31.5. The molecule has 0 saturated carbocycles. The Morgan fingerprint density at radius 2 is 2.38 bits per heavy atom. The number of methoxy groups -OCH3 is 1. The number of rotatable bonds is 6. The zero-order valence-corrected chi connectivity index (χ0v) is 9.42. The fourth-order valence-corrected chi connectivity index (χ4v) is 1.57. The number of aromatic nitrogens is 2. The zero-order valence-electron chi connectivity index (χ0n) is 8.66. The molecular weight excluding hydrogens is 242 g/mol. The third kappa shape index (κ3) is 2.88. The number of hydrogen-bond acceptors (Lipinski definition) is 4. The van der Waals surface area contributed by atoms with Crippen LogP contribution in [0, 0.1) is 0 Å². The molecule has 92 valence electrons. The minimum atomic E-state index is -2.67. The summed E-state index contributed by atoms with van der Waals surface area (Å²) in [5.74, 6) is 5.07. The van der Waals surface area contributed by atoms with Crippen molar-refractivity contribution in [1.82, 2.24) is 15.2 Å². The molecule has 0 spiro atoms. The number of alkyl halides is 2. The van der Waals surface area contributed by atoms with Crippen LogP contribution in [0.15, 0.2) is 6.20 Å². The van der Waals surface area contributed by atoms with Crippen molar-refractivity contribution in [2.24, 2.45) is 5.84 Å². The first kappa shape index (κ1) is 13.3. The van der Waals surface area contributed by atoms with E-state index in [4.69, 9.17) is 22.2 Å². The molecule has 0 fully saturated rings. The first-order valence-electron chi connectivity index (χ1n) is 4.56. The first-order valence-corrected chi connectivity index (χ1v) is 4.94. The highest BCUT2D eigenvalue weighted by molar-refractivity contribution is 6.31. The van der Waals surface area contributed by atoms with Crippen LogP contribution in [-0.4, -0.2) is 29.9 Å². The van der Waals surface area contributed by atoms with Crippen LogP contribution in [0.4, 0.5) is 8.78 Å². The van der Waals surface area contributed by atoms with Gasteiger partial charge in [-0.1, -0.05) is 11.6 Å². The smallest absolute Gasteiger partial charge is 0.260 e. The largest absolute Gasteiger partial charge is 0.383 e. The van der Waals surface area contributed by atoms with E-state index in [0.717, 1.165) is 0 Å². The van der Waals surface area contributed by atoms with Crippen molar-refractivity contribution in [3.63, 3.8) is 0 Å². The maximum atomic E-state index is 12.7. The summed E-state index contributed by atoms with van der Waals surface area (Å²) in [5.41, 5.74) is 2.19. The minimum Gasteiger partial charge on any atom is -0.383 e. The van der Waals surface area contributed by atoms with Gasteiger partial charge in [0.2, 0.25) is 0 Å². The fourth-order valence-electron chi connectivity index (χ4n) is 1.31. The lowest BCUT2D eigenvalue weighted by Gasteiger charge is -2.17. The van der Waals surface area contributed by atoms with Gasteiger partial charge in [0.15, 0.2) is 0 Å². The molecule has 0 saturated heterocycles. The Morgan fingerprint density at radius 3 is 2.88 bits per heavy atom. The summed E-state index contributed by atoms with van der Waals surface area (Å²) in [7, 11) is 1.51. The van der Waals surface area contributed by atoms with E-state index in [0.29, 0.717) is 13.2 Å². The summed E-state index contributed by atoms with van der Waals surface area (Å²) in [6.45, 7) is 0.689. The van der Waals surface area contributed by atoms with Crippen LogP contribution in [0.25, 0.3) is 0 Å². The Hall–Kier alpha value is -0.760. The summed E-state index contributed by atoms with van der Waals surface area (Å²) in [4.78, 5) is 0. The van der Waals surface area contributed by atoms with Crippen LogP contribution >= 0.6 is 11.6 Å². The van der Waals surface area contributed by atoms with E-state index < -0.39 is 12.5 Å². The zero-order chi connectivity index (χ0) is 12.1. The normalized spacial score (nSPS) is 13.4. The predicted molar refractivity (Wildman–Crippen MR) is 55.2 cm³/mol. The standard InChI is InChI=1S/C8H13ClF2N4O/c1-16-3-2-15-7(5(9)4-13-15)6(14-12)8(10)11/h4,6,8,14H,2-3,12H2,1H3. The van der Waals surface area contributed by atoms with Gasteiger partial charge in [0.1, 0.15) is 6.04 Å². The highest BCUT2D eigenvalue weighted by Crippen LogP contribution is 2.26. The molecule has 0 aliphatic carbocycles. The summed E-state index contributed by atoms with van der Waals surface area (Å²) >= 11 is 5.79. The average molecular weight is 255 g/mol. The molecule has 1 atom stereocenters. The number of nitrogens with two attached hydrogens (primary N) is 1. The van der Waals surface area contributed by atoms with Crippen molar-refractivity contribution < 1.29 is 13.5 Å². The van der Waals surface area contributed by atoms with E-state index in [1.807, 2.05) is 5.43 Å². The molecule has 0 bridgehead atoms. The van der Waals surface area contributed by atoms with E-state index in [2.05, 4.69) is 5.10 Å². The van der Waals surface area contributed by atoms with Gasteiger partial charge in [-0.05, 0) is 0 Å². The minimum absolute atomic E-state index is 0.152. The summed E-state index contributed by atoms with van der Waals surface area (Å²) in [6.07, 6.45) is -1.36. The highest BCUT2D eigenvalue weighted by atomic mass is 35.5. The van der Waals surface area contributed by atoms with Crippen LogP contribution in [0.3, 0.4) is 0 Å². The van der Waals surface area contributed by atoms with E-state index in [-0.39, 0.29) is 10.7 Å². The Balaban J connectivity index is 2.94. The third-order valence-corrected chi connectivity index (χ3v) is 2.36. The first-order chi connectivity index (χ1) is 7.61.